The van der Waals surface area contributed by atoms with Gasteiger partial charge in [0.1, 0.15) is 11.9 Å². The van der Waals surface area contributed by atoms with E-state index >= 15 is 0 Å². The highest BCUT2D eigenvalue weighted by molar-refractivity contribution is 5.72. The van der Waals surface area contributed by atoms with E-state index in [0.29, 0.717) is 17.1 Å². The molecule has 2 rings (SSSR count). The van der Waals surface area contributed by atoms with Gasteiger partial charge in [-0.3, -0.25) is 0 Å². The van der Waals surface area contributed by atoms with E-state index in [2.05, 4.69) is 57.8 Å². The molecule has 3 nitrogen and oxygen atoms in total. The number of benzene rings is 1. The van der Waals surface area contributed by atoms with Gasteiger partial charge in [0.2, 0.25) is 0 Å². The summed E-state index contributed by atoms with van der Waals surface area (Å²) in [6.07, 6.45) is 0. The van der Waals surface area contributed by atoms with E-state index in [0.717, 1.165) is 16.7 Å². The zero-order valence-corrected chi connectivity index (χ0v) is 14.9. The highest BCUT2D eigenvalue weighted by atomic mass is 14.9. The summed E-state index contributed by atoms with van der Waals surface area (Å²) >= 11 is 0. The second-order valence-electron chi connectivity index (χ2n) is 7.35. The fourth-order valence-electron chi connectivity index (χ4n) is 2.94. The van der Waals surface area contributed by atoms with Gasteiger partial charge >= 0.3 is 0 Å². The van der Waals surface area contributed by atoms with Crippen LogP contribution in [0.5, 0.6) is 0 Å². The molecule has 0 unspecified atom stereocenters. The molecule has 0 atom stereocenters. The van der Waals surface area contributed by atoms with Crippen molar-refractivity contribution in [1.29, 1.82) is 5.26 Å². The van der Waals surface area contributed by atoms with Crippen molar-refractivity contribution in [2.24, 2.45) is 0 Å². The summed E-state index contributed by atoms with van der Waals surface area (Å²) in [5.41, 5.74) is 11.6. The highest BCUT2D eigenvalue weighted by Crippen LogP contribution is 2.33. The van der Waals surface area contributed by atoms with Crippen molar-refractivity contribution in [3.63, 3.8) is 0 Å². The molecule has 0 aliphatic heterocycles. The number of nitrogen functional groups attached to an aromatic ring is 1. The molecule has 120 valence electrons. The summed E-state index contributed by atoms with van der Waals surface area (Å²) in [5.74, 6) is 0.762. The Labute approximate surface area is 139 Å². The van der Waals surface area contributed by atoms with E-state index in [-0.39, 0.29) is 11.3 Å². The van der Waals surface area contributed by atoms with Crippen molar-refractivity contribution < 1.29 is 0 Å². The second kappa shape index (κ2) is 6.04. The number of hydrogen-bond donors (Lipinski definition) is 1. The van der Waals surface area contributed by atoms with Gasteiger partial charge in [0.15, 0.2) is 0 Å². The van der Waals surface area contributed by atoms with Gasteiger partial charge in [-0.05, 0) is 29.4 Å². The fraction of sp³-hybridized carbons (Fsp3) is 0.400. The van der Waals surface area contributed by atoms with Gasteiger partial charge in [-0.15, -0.1) is 0 Å². The minimum atomic E-state index is 0.0977. The lowest BCUT2D eigenvalue weighted by molar-refractivity contribution is 0.590. The minimum absolute atomic E-state index is 0.0977. The van der Waals surface area contributed by atoms with Crippen LogP contribution in [0.25, 0.3) is 11.3 Å². The molecule has 0 saturated heterocycles. The Morgan fingerprint density at radius 1 is 1.13 bits per heavy atom. The average molecular weight is 307 g/mol. The molecule has 0 fully saturated rings. The van der Waals surface area contributed by atoms with Gasteiger partial charge in [0.05, 0.1) is 11.3 Å². The molecular formula is C20H25N3. The van der Waals surface area contributed by atoms with Crippen LogP contribution in [0.3, 0.4) is 0 Å². The Morgan fingerprint density at radius 2 is 1.70 bits per heavy atom. The number of nitrogens with zero attached hydrogens (tertiary/aromatic N) is 2. The van der Waals surface area contributed by atoms with Gasteiger partial charge in [-0.1, -0.05) is 58.9 Å². The van der Waals surface area contributed by atoms with Crippen LogP contribution >= 0.6 is 0 Å². The van der Waals surface area contributed by atoms with Crippen LogP contribution < -0.4 is 5.73 Å². The SMILES string of the molecule is Cc1c(C#N)c(-c2ccc(C(C)(C)C)cc2)nc(N)c1C(C)C. The maximum absolute atomic E-state index is 9.61. The molecule has 2 aromatic rings. The number of nitrogens with two attached hydrogens (primary N) is 1. The summed E-state index contributed by atoms with van der Waals surface area (Å²) in [5, 5.41) is 9.61. The highest BCUT2D eigenvalue weighted by Gasteiger charge is 2.19. The van der Waals surface area contributed by atoms with Crippen LogP contribution in [0.2, 0.25) is 0 Å². The second-order valence-corrected chi connectivity index (χ2v) is 7.35. The van der Waals surface area contributed by atoms with Crippen LogP contribution in [0.1, 0.15) is 62.8 Å². The minimum Gasteiger partial charge on any atom is -0.383 e. The standard InChI is InChI=1S/C20H25N3/c1-12(2)17-13(3)16(11-21)18(23-19(17)22)14-7-9-15(10-8-14)20(4,5)6/h7-10,12H,1-6H3,(H2,22,23). The summed E-state index contributed by atoms with van der Waals surface area (Å²) in [6.45, 7) is 12.6. The van der Waals surface area contributed by atoms with Crippen molar-refractivity contribution >= 4 is 5.82 Å². The van der Waals surface area contributed by atoms with Gasteiger partial charge in [-0.2, -0.15) is 5.26 Å². The number of aromatic nitrogens is 1. The lowest BCUT2D eigenvalue weighted by atomic mass is 9.86. The van der Waals surface area contributed by atoms with Crippen LogP contribution in [0.15, 0.2) is 24.3 Å². The topological polar surface area (TPSA) is 62.7 Å². The largest absolute Gasteiger partial charge is 0.383 e. The maximum Gasteiger partial charge on any atom is 0.127 e. The molecule has 23 heavy (non-hydrogen) atoms. The number of nitriles is 1. The third-order valence-electron chi connectivity index (χ3n) is 4.24. The van der Waals surface area contributed by atoms with E-state index in [1.54, 1.807) is 0 Å². The Balaban J connectivity index is 2.63. The van der Waals surface area contributed by atoms with Crippen LogP contribution in [0, 0.1) is 18.3 Å². The van der Waals surface area contributed by atoms with Crippen molar-refractivity contribution in [1.82, 2.24) is 4.98 Å². The Hall–Kier alpha value is -2.34. The molecular weight excluding hydrogens is 282 g/mol. The predicted octanol–water partition coefficient (Wildman–Crippen LogP) is 4.93. The van der Waals surface area contributed by atoms with E-state index in [4.69, 9.17) is 5.73 Å². The van der Waals surface area contributed by atoms with E-state index in [1.165, 1.54) is 5.56 Å². The lowest BCUT2D eigenvalue weighted by Gasteiger charge is -2.20. The summed E-state index contributed by atoms with van der Waals surface area (Å²) in [7, 11) is 0. The quantitative estimate of drug-likeness (QED) is 0.855. The maximum atomic E-state index is 9.61. The van der Waals surface area contributed by atoms with Crippen molar-refractivity contribution in [3.8, 4) is 17.3 Å². The molecule has 0 aliphatic carbocycles. The average Bonchev–Trinajstić information content (AvgIpc) is 2.45. The normalized spacial score (nSPS) is 11.6. The van der Waals surface area contributed by atoms with Crippen LogP contribution in [-0.4, -0.2) is 4.98 Å². The zero-order valence-electron chi connectivity index (χ0n) is 14.9. The number of anilines is 1. The molecule has 0 saturated carbocycles. The summed E-state index contributed by atoms with van der Waals surface area (Å²) in [6, 6.07) is 10.6. The van der Waals surface area contributed by atoms with Gasteiger partial charge in [-0.25, -0.2) is 4.98 Å². The third kappa shape index (κ3) is 3.22. The molecule has 0 radical (unpaired) electrons. The molecule has 0 spiro atoms. The third-order valence-corrected chi connectivity index (χ3v) is 4.24. The number of hydrogen-bond acceptors (Lipinski definition) is 3. The molecule has 0 bridgehead atoms. The lowest BCUT2D eigenvalue weighted by Crippen LogP contribution is -2.11. The first kappa shape index (κ1) is 17.0. The number of pyridine rings is 1. The molecule has 3 heteroatoms. The van der Waals surface area contributed by atoms with Crippen LogP contribution in [-0.2, 0) is 5.41 Å². The molecule has 1 aromatic carbocycles. The van der Waals surface area contributed by atoms with Crippen molar-refractivity contribution in [3.05, 3.63) is 46.5 Å². The first-order chi connectivity index (χ1) is 10.7. The fourth-order valence-corrected chi connectivity index (χ4v) is 2.94. The molecule has 1 heterocycles. The summed E-state index contributed by atoms with van der Waals surface area (Å²) < 4.78 is 0. The van der Waals surface area contributed by atoms with Crippen molar-refractivity contribution in [2.75, 3.05) is 5.73 Å². The van der Waals surface area contributed by atoms with Crippen LogP contribution in [0.4, 0.5) is 5.82 Å². The van der Waals surface area contributed by atoms with Gasteiger partial charge < -0.3 is 5.73 Å². The summed E-state index contributed by atoms with van der Waals surface area (Å²) in [4.78, 5) is 4.54. The first-order valence-corrected chi connectivity index (χ1v) is 7.97. The molecule has 0 amide bonds. The Bertz CT molecular complexity index is 757. The molecule has 1 aromatic heterocycles. The number of rotatable bonds is 2. The Morgan fingerprint density at radius 3 is 2.13 bits per heavy atom. The molecule has 2 N–H and O–H groups in total. The zero-order chi connectivity index (χ0) is 17.4. The van der Waals surface area contributed by atoms with E-state index in [1.807, 2.05) is 19.1 Å². The Kier molecular flexibility index (Phi) is 4.47. The molecule has 0 aliphatic rings. The van der Waals surface area contributed by atoms with E-state index in [9.17, 15) is 5.26 Å². The first-order valence-electron chi connectivity index (χ1n) is 7.97. The van der Waals surface area contributed by atoms with E-state index < -0.39 is 0 Å². The smallest absolute Gasteiger partial charge is 0.127 e. The van der Waals surface area contributed by atoms with Gasteiger partial charge in [0.25, 0.3) is 0 Å². The monoisotopic (exact) mass is 307 g/mol. The predicted molar refractivity (Wildman–Crippen MR) is 96.3 cm³/mol. The van der Waals surface area contributed by atoms with Crippen molar-refractivity contribution in [2.45, 2.75) is 52.9 Å². The van der Waals surface area contributed by atoms with Gasteiger partial charge in [0, 0.05) is 11.1 Å².